The van der Waals surface area contributed by atoms with E-state index in [1.165, 1.54) is 89.0 Å². The topological polar surface area (TPSA) is 158 Å². The van der Waals surface area contributed by atoms with E-state index >= 15 is 0 Å². The Morgan fingerprint density at radius 2 is 0.960 bits per heavy atom. The van der Waals surface area contributed by atoms with Gasteiger partial charge in [0.1, 0.15) is 12.8 Å². The van der Waals surface area contributed by atoms with E-state index in [0.717, 1.165) is 5.82 Å². The molecule has 2 saturated heterocycles. The van der Waals surface area contributed by atoms with Gasteiger partial charge in [0.05, 0.1) is 13.1 Å². The average molecular weight is 774 g/mol. The number of carbonyl (C=O) groups excluding carboxylic acids is 2. The molecule has 0 bridgehead atoms. The third kappa shape index (κ3) is 29.4. The second-order valence-electron chi connectivity index (χ2n) is 13.8. The van der Waals surface area contributed by atoms with Crippen molar-refractivity contribution in [2.75, 3.05) is 26.0 Å². The molecule has 3 aliphatic carbocycles. The summed E-state index contributed by atoms with van der Waals surface area (Å²) in [5, 5.41) is 16.3. The summed E-state index contributed by atoms with van der Waals surface area (Å²) >= 11 is 2.94. The Bertz CT molecular complexity index is 826. The van der Waals surface area contributed by atoms with Crippen molar-refractivity contribution < 1.29 is 71.5 Å². The summed E-state index contributed by atoms with van der Waals surface area (Å²) in [5.74, 6) is 0.00463. The molecule has 5 rings (SSSR count). The maximum absolute atomic E-state index is 10.7. The molecule has 0 atom stereocenters. The molecule has 3 saturated carbocycles. The minimum Gasteiger partial charge on any atom is -0.614 e. The van der Waals surface area contributed by atoms with Crippen LogP contribution in [0.5, 0.6) is 0 Å². The predicted molar refractivity (Wildman–Crippen MR) is 200 cm³/mol. The summed E-state index contributed by atoms with van der Waals surface area (Å²) in [5.41, 5.74) is 0. The summed E-state index contributed by atoms with van der Waals surface area (Å²) in [6.07, 6.45) is 18.8. The molecule has 0 aromatic rings. The fraction of sp³-hybridized carbons (Fsp3) is 0.853. The number of fused-ring (bicyclic) bond motifs is 1. The van der Waals surface area contributed by atoms with Crippen LogP contribution in [0.2, 0.25) is 13.6 Å². The molecule has 16 heteroatoms. The number of nitrogens with zero attached hydrogens (tertiary/aromatic N) is 1. The van der Waals surface area contributed by atoms with Crippen LogP contribution < -0.4 is 18.9 Å². The zero-order chi connectivity index (χ0) is 38.0. The number of carboxylic acids is 2. The van der Waals surface area contributed by atoms with Crippen molar-refractivity contribution in [2.45, 2.75) is 163 Å². The first-order valence-electron chi connectivity index (χ1n) is 18.0. The number of aliphatic carboxylic acids is 2. The minimum absolute atomic E-state index is 0. The van der Waals surface area contributed by atoms with Crippen LogP contribution in [0.25, 0.3) is 0 Å². The van der Waals surface area contributed by atoms with Gasteiger partial charge in [-0.25, -0.2) is 0 Å². The second kappa shape index (κ2) is 30.3. The molecule has 2 aliphatic heterocycles. The molecule has 0 amide bonds. The van der Waals surface area contributed by atoms with Gasteiger partial charge >= 0.3 is 56.0 Å². The summed E-state index contributed by atoms with van der Waals surface area (Å²) in [6, 6.07) is 0. The van der Waals surface area contributed by atoms with E-state index < -0.39 is 25.2 Å². The maximum Gasteiger partial charge on any atom is 1.00 e. The van der Waals surface area contributed by atoms with Crippen molar-refractivity contribution >= 4 is 53.1 Å². The van der Waals surface area contributed by atoms with Gasteiger partial charge in [0.25, 0.3) is 0 Å². The standard InChI is InChI=1S/C10H24BO3.C6H7BO4.C5H9NO4.3C4H8.CH3Br.Li/c1-8(2)12-11(7,13-9(3)4)14-10(5)6;1-7-4(2-5(8)10-7)3-6(9)11-7;1-6(2-4(7)8)3-5(9)10;3*1-2-4-3-1;1-2;/h8-10H,1-7H3;2-3H2,1H3;2-3H2,1H3,(H,7,8)(H,9,10);3*1-4H2;1H3;/q-1;;;;;;;+1. The Kier molecular flexibility index (Phi) is 32.2. The molecule has 50 heavy (non-hydrogen) atoms. The number of rotatable bonds is 10. The van der Waals surface area contributed by atoms with Crippen molar-refractivity contribution in [3.8, 4) is 0 Å². The van der Waals surface area contributed by atoms with Crippen molar-refractivity contribution in [2.24, 2.45) is 0 Å². The molecule has 288 valence electrons. The normalized spacial score (nSPS) is 17.4. The smallest absolute Gasteiger partial charge is 0.614 e. The summed E-state index contributed by atoms with van der Waals surface area (Å²) < 4.78 is 26.8. The monoisotopic (exact) mass is 773 g/mol. The van der Waals surface area contributed by atoms with Crippen LogP contribution in [0.1, 0.15) is 131 Å². The Morgan fingerprint density at radius 3 is 1.12 bits per heavy atom. The summed E-state index contributed by atoms with van der Waals surface area (Å²) in [6.45, 7) is 11.6. The molecule has 2 N–H and O–H groups in total. The molecule has 0 radical (unpaired) electrons. The van der Waals surface area contributed by atoms with Gasteiger partial charge in [0.15, 0.2) is 0 Å². The summed E-state index contributed by atoms with van der Waals surface area (Å²) in [7, 11) is 1.43. The third-order valence-electron chi connectivity index (χ3n) is 7.57. The van der Waals surface area contributed by atoms with E-state index in [9.17, 15) is 19.2 Å². The van der Waals surface area contributed by atoms with Gasteiger partial charge in [0.2, 0.25) is 0 Å². The molecule has 2 heterocycles. The predicted octanol–water partition coefficient (Wildman–Crippen LogP) is 4.68. The van der Waals surface area contributed by atoms with Crippen molar-refractivity contribution in [1.29, 1.82) is 0 Å². The van der Waals surface area contributed by atoms with E-state index in [1.54, 1.807) is 6.82 Å². The van der Waals surface area contributed by atoms with E-state index in [1.807, 2.05) is 54.2 Å². The number of likely N-dealkylation sites (N-methyl/N-ethyl adjacent to an activating group) is 1. The largest absolute Gasteiger partial charge is 1.00 e. The molecule has 5 fully saturated rings. The first-order valence-corrected chi connectivity index (χ1v) is 19.6. The Balaban J connectivity index is -0.000000552. The quantitative estimate of drug-likeness (QED) is 0.180. The number of carboxylic acid groups (broad SMARTS) is 2. The van der Waals surface area contributed by atoms with E-state index in [-0.39, 0.29) is 75.0 Å². The van der Waals surface area contributed by atoms with Gasteiger partial charge in [-0.2, -0.15) is 0 Å². The van der Waals surface area contributed by atoms with Crippen LogP contribution in [0.3, 0.4) is 0 Å². The number of halogens is 1. The second-order valence-corrected chi connectivity index (χ2v) is 13.8. The van der Waals surface area contributed by atoms with Crippen molar-refractivity contribution in [1.82, 2.24) is 4.90 Å². The molecule has 5 aliphatic rings. The van der Waals surface area contributed by atoms with Crippen LogP contribution in [-0.4, -0.2) is 96.6 Å². The number of alkyl halides is 1. The molecule has 0 aromatic carbocycles. The Morgan fingerprint density at radius 1 is 0.720 bits per heavy atom. The zero-order valence-corrected chi connectivity index (χ0v) is 34.7. The minimum atomic E-state index is -1.68. The number of carbonyl (C=O) groups is 4. The van der Waals surface area contributed by atoms with E-state index in [2.05, 4.69) is 15.9 Å². The molecule has 0 unspecified atom stereocenters. The van der Waals surface area contributed by atoms with Crippen LogP contribution in [0, 0.1) is 5.82 Å². The Labute approximate surface area is 323 Å². The third-order valence-corrected chi connectivity index (χ3v) is 7.57. The van der Waals surface area contributed by atoms with Gasteiger partial charge in [-0.1, -0.05) is 99.8 Å². The molecule has 0 spiro atoms. The fourth-order valence-electron chi connectivity index (χ4n) is 4.43. The number of hydrogen-bond acceptors (Lipinski definition) is 10. The first kappa shape index (κ1) is 53.2. The molecular formula is C34H67B2BrLiNO11. The SMILES string of the molecule is C1CCC1.C1CCC1.C1CCC1.CBr.CC(C)O[B-](C)(OC(C)C)OC(C)C.CN(CC(=O)O)CC(=O)O.C[B-]12OC(=O)C[C+]1CC(=O)O2.[Li+]. The van der Waals surface area contributed by atoms with Crippen LogP contribution in [0.4, 0.5) is 0 Å². The van der Waals surface area contributed by atoms with Crippen LogP contribution >= 0.6 is 15.9 Å². The first-order chi connectivity index (χ1) is 22.9. The fourth-order valence-corrected chi connectivity index (χ4v) is 4.43. The molecule has 12 nitrogen and oxygen atoms in total. The summed E-state index contributed by atoms with van der Waals surface area (Å²) in [4.78, 5) is 42.6. The maximum atomic E-state index is 10.7. The zero-order valence-electron chi connectivity index (χ0n) is 33.1. The van der Waals surface area contributed by atoms with Gasteiger partial charge in [-0.15, -0.1) is 6.82 Å². The van der Waals surface area contributed by atoms with Gasteiger partial charge in [-0.3, -0.25) is 24.1 Å². The Hall–Kier alpha value is -1.20. The van der Waals surface area contributed by atoms with Crippen molar-refractivity contribution in [3.05, 3.63) is 5.82 Å². The number of hydrogen-bond donors (Lipinski definition) is 2. The molecular weight excluding hydrogens is 707 g/mol. The van der Waals surface area contributed by atoms with E-state index in [0.29, 0.717) is 0 Å². The van der Waals surface area contributed by atoms with E-state index in [4.69, 9.17) is 33.5 Å². The van der Waals surface area contributed by atoms with Gasteiger partial charge < -0.3 is 33.5 Å². The van der Waals surface area contributed by atoms with Crippen LogP contribution in [0.15, 0.2) is 0 Å². The van der Waals surface area contributed by atoms with Gasteiger partial charge in [0, 0.05) is 24.1 Å². The van der Waals surface area contributed by atoms with Crippen LogP contribution in [-0.2, 0) is 42.4 Å². The van der Waals surface area contributed by atoms with Crippen molar-refractivity contribution in [3.63, 3.8) is 0 Å². The molecule has 0 aromatic heterocycles. The average Bonchev–Trinajstić information content (AvgIpc) is 3.21. The van der Waals surface area contributed by atoms with Gasteiger partial charge in [-0.05, 0) is 54.4 Å².